The topological polar surface area (TPSA) is 155 Å². The monoisotopic (exact) mass is 1030 g/mol. The molecule has 0 bridgehead atoms. The van der Waals surface area contributed by atoms with Crippen molar-refractivity contribution in [3.63, 3.8) is 0 Å². The Kier molecular flexibility index (Phi) is 18.8. The van der Waals surface area contributed by atoms with Gasteiger partial charge < -0.3 is 56.8 Å². The molecule has 3 fully saturated rings. The van der Waals surface area contributed by atoms with E-state index in [2.05, 4.69) is 0 Å². The van der Waals surface area contributed by atoms with Crippen molar-refractivity contribution in [2.45, 2.75) is 101 Å². The summed E-state index contributed by atoms with van der Waals surface area (Å²) in [5.74, 6) is 0. The maximum atomic E-state index is 14.5. The summed E-state index contributed by atoms with van der Waals surface area (Å²) in [5.41, 5.74) is 4.26. The van der Waals surface area contributed by atoms with Crippen LogP contribution in [0, 0.1) is 0 Å². The van der Waals surface area contributed by atoms with Gasteiger partial charge in [0.15, 0.2) is 18.8 Å². The molecule has 0 spiro atoms. The van der Waals surface area contributed by atoms with Crippen LogP contribution in [0.3, 0.4) is 0 Å². The second-order valence-corrected chi connectivity index (χ2v) is 18.5. The fraction of sp³-hybridized carbons (Fsp3) is 0.333. The summed E-state index contributed by atoms with van der Waals surface area (Å²) in [7, 11) is 0. The van der Waals surface area contributed by atoms with Crippen LogP contribution in [0.25, 0.3) is 0 Å². The standard InChI is InChI=1S/C60H62N2O14/c63-51-31-32-61(60(64)62(51)40-65-33-43-19-7-1-8-20-43)57-55(73-42-67-35-45-23-11-3-12-24-45)52(72-41-66-34-44-21-9-2-10-22-44)49(74-57)38-71-59-56(69-37-47-27-15-5-16-28-47)54(68-36-46-25-13-4-14-26-46)53-50(75-59)39-70-58(76-53)48-29-17-6-18-30-48/h1-32,49-50,52-59H,33-42H2/t49-,50+,52-,53+,54-,55-,56-,57-,58+,59-/m1/s1. The van der Waals surface area contributed by atoms with Crippen molar-refractivity contribution in [3.8, 4) is 0 Å². The molecule has 76 heavy (non-hydrogen) atoms. The molecule has 6 aromatic carbocycles. The van der Waals surface area contributed by atoms with Gasteiger partial charge in [-0.25, -0.2) is 9.36 Å². The van der Waals surface area contributed by atoms with Crippen molar-refractivity contribution in [1.29, 1.82) is 0 Å². The molecule has 396 valence electrons. The van der Waals surface area contributed by atoms with Crippen molar-refractivity contribution >= 4 is 0 Å². The van der Waals surface area contributed by atoms with E-state index in [1.807, 2.05) is 182 Å². The predicted octanol–water partition coefficient (Wildman–Crippen LogP) is 8.23. The fourth-order valence-corrected chi connectivity index (χ4v) is 9.39. The van der Waals surface area contributed by atoms with Gasteiger partial charge in [0.05, 0.1) is 46.2 Å². The fourth-order valence-electron chi connectivity index (χ4n) is 9.39. The van der Waals surface area contributed by atoms with Gasteiger partial charge in [-0.2, -0.15) is 0 Å². The van der Waals surface area contributed by atoms with Gasteiger partial charge in [-0.15, -0.1) is 0 Å². The Hall–Kier alpha value is -6.48. The van der Waals surface area contributed by atoms with E-state index < -0.39 is 72.8 Å². The van der Waals surface area contributed by atoms with Crippen molar-refractivity contribution in [1.82, 2.24) is 9.13 Å². The Labute approximate surface area is 441 Å². The molecule has 1 aromatic heterocycles. The first-order valence-corrected chi connectivity index (χ1v) is 25.5. The van der Waals surface area contributed by atoms with Gasteiger partial charge in [0.25, 0.3) is 5.56 Å². The SMILES string of the molecule is O=c1ccn([C@@H]2O[C@H](CO[C@@H]3O[C@H]4CO[C@H](c5ccccc5)O[C@@H]4[C@@H](OCc4ccccc4)[C@H]3OCc3ccccc3)[C@@H](OCOCc3ccccc3)[C@H]2OCOCc2ccccc2)c(=O)n1COCc1ccccc1. The number of ether oxygens (including phenoxy) is 12. The highest BCUT2D eigenvalue weighted by molar-refractivity contribution is 5.19. The van der Waals surface area contributed by atoms with E-state index in [-0.39, 0.29) is 66.6 Å². The average molecular weight is 1040 g/mol. The van der Waals surface area contributed by atoms with Crippen LogP contribution in [-0.2, 0) is 96.6 Å². The van der Waals surface area contributed by atoms with Crippen LogP contribution < -0.4 is 11.2 Å². The molecule has 0 N–H and O–H groups in total. The molecule has 4 heterocycles. The highest BCUT2D eigenvalue weighted by atomic mass is 16.8. The Morgan fingerprint density at radius 2 is 0.947 bits per heavy atom. The minimum atomic E-state index is -1.17. The Morgan fingerprint density at radius 1 is 0.461 bits per heavy atom. The zero-order valence-electron chi connectivity index (χ0n) is 41.9. The van der Waals surface area contributed by atoms with Gasteiger partial charge in [-0.1, -0.05) is 182 Å². The van der Waals surface area contributed by atoms with Crippen molar-refractivity contribution in [2.75, 3.05) is 26.8 Å². The molecule has 0 radical (unpaired) electrons. The largest absolute Gasteiger partial charge is 0.368 e. The van der Waals surface area contributed by atoms with Crippen LogP contribution in [0.5, 0.6) is 0 Å². The Morgan fingerprint density at radius 3 is 1.50 bits per heavy atom. The first-order chi connectivity index (χ1) is 37.5. The molecular formula is C60H62N2O14. The minimum absolute atomic E-state index is 0.161. The molecule has 3 aliphatic heterocycles. The van der Waals surface area contributed by atoms with Crippen LogP contribution in [0.4, 0.5) is 0 Å². The van der Waals surface area contributed by atoms with Crippen LogP contribution in [0.2, 0.25) is 0 Å². The second-order valence-electron chi connectivity index (χ2n) is 18.5. The van der Waals surface area contributed by atoms with Crippen molar-refractivity contribution < 1.29 is 56.8 Å². The average Bonchev–Trinajstić information content (AvgIpc) is 3.82. The number of nitrogens with zero attached hydrogens (tertiary/aromatic N) is 2. The molecular weight excluding hydrogens is 973 g/mol. The molecule has 0 saturated carbocycles. The third kappa shape index (κ3) is 13.9. The first kappa shape index (κ1) is 52.9. The van der Waals surface area contributed by atoms with E-state index in [0.29, 0.717) is 0 Å². The first-order valence-electron chi connectivity index (χ1n) is 25.5. The Balaban J connectivity index is 0.950. The minimum Gasteiger partial charge on any atom is -0.368 e. The summed E-state index contributed by atoms with van der Waals surface area (Å²) in [6, 6.07) is 59.6. The quantitative estimate of drug-likeness (QED) is 0.0399. The lowest BCUT2D eigenvalue weighted by Crippen LogP contribution is -2.63. The molecule has 0 aliphatic carbocycles. The zero-order chi connectivity index (χ0) is 51.7. The molecule has 7 aromatic rings. The van der Waals surface area contributed by atoms with Crippen LogP contribution in [0.1, 0.15) is 45.9 Å². The van der Waals surface area contributed by atoms with E-state index >= 15 is 0 Å². The smallest absolute Gasteiger partial charge is 0.335 e. The van der Waals surface area contributed by atoms with E-state index in [1.54, 1.807) is 0 Å². The van der Waals surface area contributed by atoms with E-state index in [1.165, 1.54) is 16.8 Å². The molecule has 3 aliphatic rings. The van der Waals surface area contributed by atoms with Gasteiger partial charge in [-0.3, -0.25) is 9.36 Å². The summed E-state index contributed by atoms with van der Waals surface area (Å²) in [6.45, 7) is 0.438. The molecule has 16 nitrogen and oxygen atoms in total. The van der Waals surface area contributed by atoms with Gasteiger partial charge in [0.2, 0.25) is 0 Å². The summed E-state index contributed by atoms with van der Waals surface area (Å²) < 4.78 is 80.8. The van der Waals surface area contributed by atoms with Gasteiger partial charge >= 0.3 is 5.69 Å². The maximum absolute atomic E-state index is 14.5. The van der Waals surface area contributed by atoms with Gasteiger partial charge in [-0.05, 0) is 27.8 Å². The number of hydrogen-bond acceptors (Lipinski definition) is 14. The molecule has 10 atom stereocenters. The Bertz CT molecular complexity index is 2920. The van der Waals surface area contributed by atoms with Crippen molar-refractivity contribution in [3.05, 3.63) is 248 Å². The molecule has 0 unspecified atom stereocenters. The second kappa shape index (κ2) is 27.0. The highest BCUT2D eigenvalue weighted by Gasteiger charge is 2.54. The van der Waals surface area contributed by atoms with Crippen LogP contribution in [-0.4, -0.2) is 85.0 Å². The lowest BCUT2D eigenvalue weighted by atomic mass is 9.97. The van der Waals surface area contributed by atoms with Crippen LogP contribution in [0.15, 0.2) is 204 Å². The normalized spacial score (nSPS) is 24.3. The third-order valence-corrected chi connectivity index (χ3v) is 13.2. The summed E-state index contributed by atoms with van der Waals surface area (Å²) in [4.78, 5) is 27.9. The predicted molar refractivity (Wildman–Crippen MR) is 277 cm³/mol. The number of benzene rings is 6. The van der Waals surface area contributed by atoms with E-state index in [0.717, 1.165) is 37.9 Å². The third-order valence-electron chi connectivity index (χ3n) is 13.2. The maximum Gasteiger partial charge on any atom is 0.335 e. The lowest BCUT2D eigenvalue weighted by molar-refractivity contribution is -0.374. The van der Waals surface area contributed by atoms with E-state index in [9.17, 15) is 9.59 Å². The lowest BCUT2D eigenvalue weighted by Gasteiger charge is -2.49. The van der Waals surface area contributed by atoms with E-state index in [4.69, 9.17) is 56.8 Å². The van der Waals surface area contributed by atoms with Gasteiger partial charge in [0, 0.05) is 17.8 Å². The molecule has 0 amide bonds. The molecule has 3 saturated heterocycles. The molecule has 10 rings (SSSR count). The highest BCUT2D eigenvalue weighted by Crippen LogP contribution is 2.39. The van der Waals surface area contributed by atoms with Crippen molar-refractivity contribution in [2.24, 2.45) is 0 Å². The number of aromatic nitrogens is 2. The molecule has 16 heteroatoms. The number of hydrogen-bond donors (Lipinski definition) is 0. The number of rotatable bonds is 25. The summed E-state index contributed by atoms with van der Waals surface area (Å²) in [6.07, 6.45) is -7.29. The summed E-state index contributed by atoms with van der Waals surface area (Å²) in [5, 5.41) is 0. The summed E-state index contributed by atoms with van der Waals surface area (Å²) >= 11 is 0. The zero-order valence-corrected chi connectivity index (χ0v) is 41.9. The van der Waals surface area contributed by atoms with Gasteiger partial charge in [0.1, 0.15) is 63.0 Å². The number of fused-ring (bicyclic) bond motifs is 1. The van der Waals surface area contributed by atoms with Crippen LogP contribution >= 0.6 is 0 Å².